The van der Waals surface area contributed by atoms with Crippen LogP contribution in [0.4, 0.5) is 0 Å². The van der Waals surface area contributed by atoms with Crippen molar-refractivity contribution >= 4 is 0 Å². The minimum Gasteiger partial charge on any atom is -0.495 e. The number of hydrogen-bond donors (Lipinski definition) is 0. The van der Waals surface area contributed by atoms with Gasteiger partial charge in [-0.2, -0.15) is 0 Å². The number of hydrogen-bond acceptors (Lipinski definition) is 1. The lowest BCUT2D eigenvalue weighted by atomic mass is 9.32. The van der Waals surface area contributed by atoms with Crippen molar-refractivity contribution in [3.05, 3.63) is 12.3 Å². The molecule has 3 aliphatic rings. The van der Waals surface area contributed by atoms with E-state index in [-0.39, 0.29) is 0 Å². The zero-order valence-electron chi connectivity index (χ0n) is 7.89. The van der Waals surface area contributed by atoms with E-state index in [9.17, 15) is 0 Å². The average Bonchev–Trinajstić information content (AvgIpc) is 1.98. The Morgan fingerprint density at radius 1 is 1.42 bits per heavy atom. The van der Waals surface area contributed by atoms with Crippen LogP contribution in [0.15, 0.2) is 12.3 Å². The average molecular weight is 164 g/mol. The lowest BCUT2D eigenvalue weighted by Gasteiger charge is -2.75. The van der Waals surface area contributed by atoms with Gasteiger partial charge in [0.15, 0.2) is 0 Å². The van der Waals surface area contributed by atoms with Gasteiger partial charge in [0.1, 0.15) is 6.10 Å². The molecule has 1 aliphatic heterocycles. The Hall–Kier alpha value is -0.460. The van der Waals surface area contributed by atoms with Crippen LogP contribution in [0.3, 0.4) is 0 Å². The maximum Gasteiger partial charge on any atom is 0.105 e. The first-order valence-corrected chi connectivity index (χ1v) is 4.91. The summed E-state index contributed by atoms with van der Waals surface area (Å²) in [5.41, 5.74) is 1.12. The van der Waals surface area contributed by atoms with Gasteiger partial charge in [0.05, 0.1) is 5.76 Å². The molecule has 3 fully saturated rings. The third kappa shape index (κ3) is 0.468. The molecule has 2 aliphatic carbocycles. The van der Waals surface area contributed by atoms with Crippen molar-refractivity contribution < 1.29 is 4.74 Å². The molecule has 1 heterocycles. The van der Waals surface area contributed by atoms with Gasteiger partial charge in [0, 0.05) is 11.8 Å². The van der Waals surface area contributed by atoms with E-state index in [2.05, 4.69) is 20.4 Å². The molecule has 4 atom stereocenters. The lowest BCUT2D eigenvalue weighted by molar-refractivity contribution is -0.312. The molecule has 0 radical (unpaired) electrons. The van der Waals surface area contributed by atoms with Gasteiger partial charge in [-0.3, -0.25) is 0 Å². The highest BCUT2D eigenvalue weighted by Gasteiger charge is 2.73. The fourth-order valence-electron chi connectivity index (χ4n) is 3.75. The Morgan fingerprint density at radius 3 is 2.75 bits per heavy atom. The summed E-state index contributed by atoms with van der Waals surface area (Å²) in [6, 6.07) is 0. The van der Waals surface area contributed by atoms with Crippen LogP contribution in [0.25, 0.3) is 0 Å². The van der Waals surface area contributed by atoms with Crippen molar-refractivity contribution in [1.82, 2.24) is 0 Å². The summed E-state index contributed by atoms with van der Waals surface area (Å²) >= 11 is 0. The van der Waals surface area contributed by atoms with E-state index < -0.39 is 0 Å². The molecular weight excluding hydrogens is 148 g/mol. The van der Waals surface area contributed by atoms with Gasteiger partial charge >= 0.3 is 0 Å². The van der Waals surface area contributed by atoms with Crippen LogP contribution >= 0.6 is 0 Å². The number of allylic oxidation sites excluding steroid dienone is 1. The second kappa shape index (κ2) is 1.59. The molecule has 3 rings (SSSR count). The smallest absolute Gasteiger partial charge is 0.105 e. The summed E-state index contributed by atoms with van der Waals surface area (Å²) in [4.78, 5) is 0. The molecule has 1 nitrogen and oxygen atoms in total. The van der Waals surface area contributed by atoms with Gasteiger partial charge in [0.2, 0.25) is 0 Å². The van der Waals surface area contributed by atoms with Gasteiger partial charge in [0.25, 0.3) is 0 Å². The van der Waals surface area contributed by atoms with Crippen LogP contribution in [0.5, 0.6) is 0 Å². The first-order valence-electron chi connectivity index (χ1n) is 4.91. The van der Waals surface area contributed by atoms with Crippen LogP contribution < -0.4 is 0 Å². The Kier molecular flexibility index (Phi) is 0.928. The molecule has 0 aromatic rings. The van der Waals surface area contributed by atoms with Crippen molar-refractivity contribution in [3.63, 3.8) is 0 Å². The van der Waals surface area contributed by atoms with Gasteiger partial charge in [-0.05, 0) is 24.2 Å². The van der Waals surface area contributed by atoms with Gasteiger partial charge < -0.3 is 4.74 Å². The Labute approximate surface area is 73.8 Å². The Bertz CT molecular complexity index is 248. The highest BCUT2D eigenvalue weighted by Crippen LogP contribution is 2.76. The van der Waals surface area contributed by atoms with Crippen molar-refractivity contribution in [2.75, 3.05) is 0 Å². The molecule has 12 heavy (non-hydrogen) atoms. The maximum atomic E-state index is 5.76. The second-order valence-electron chi connectivity index (χ2n) is 5.30. The standard InChI is InChI=1S/C11H16O/c1-7-4-8-5-10(2)6-9(12-7)11(8,10)3/h8-9H,1,4-6H2,2-3H3. The van der Waals surface area contributed by atoms with E-state index in [1.807, 2.05) is 0 Å². The third-order valence-corrected chi connectivity index (χ3v) is 4.93. The van der Waals surface area contributed by atoms with Crippen LogP contribution in [-0.4, -0.2) is 6.10 Å². The normalized spacial score (nSPS) is 61.0. The number of rotatable bonds is 0. The van der Waals surface area contributed by atoms with Crippen LogP contribution in [-0.2, 0) is 4.74 Å². The van der Waals surface area contributed by atoms with E-state index in [1.54, 1.807) is 0 Å². The molecule has 66 valence electrons. The van der Waals surface area contributed by atoms with Crippen LogP contribution in [0.1, 0.15) is 33.1 Å². The molecule has 0 amide bonds. The molecule has 0 bridgehead atoms. The quantitative estimate of drug-likeness (QED) is 0.535. The molecule has 0 spiro atoms. The Morgan fingerprint density at radius 2 is 2.17 bits per heavy atom. The summed E-state index contributed by atoms with van der Waals surface area (Å²) < 4.78 is 5.76. The fraction of sp³-hybridized carbons (Fsp3) is 0.818. The monoisotopic (exact) mass is 164 g/mol. The van der Waals surface area contributed by atoms with Crippen LogP contribution in [0, 0.1) is 16.7 Å². The molecule has 0 aromatic carbocycles. The van der Waals surface area contributed by atoms with E-state index in [1.165, 1.54) is 12.8 Å². The minimum absolute atomic E-state index is 0.502. The zero-order chi connectivity index (χ0) is 8.56. The molecule has 0 aromatic heterocycles. The first-order chi connectivity index (χ1) is 5.56. The summed E-state index contributed by atoms with van der Waals surface area (Å²) in [6.07, 6.45) is 4.28. The predicted molar refractivity (Wildman–Crippen MR) is 47.6 cm³/mol. The van der Waals surface area contributed by atoms with Crippen molar-refractivity contribution in [3.8, 4) is 0 Å². The first kappa shape index (κ1) is 6.99. The highest BCUT2D eigenvalue weighted by molar-refractivity contribution is 5.24. The zero-order valence-corrected chi connectivity index (χ0v) is 7.89. The van der Waals surface area contributed by atoms with Gasteiger partial charge in [-0.15, -0.1) is 0 Å². The molecule has 2 saturated carbocycles. The minimum atomic E-state index is 0.502. The topological polar surface area (TPSA) is 9.23 Å². The maximum absolute atomic E-state index is 5.76. The molecular formula is C11H16O. The summed E-state index contributed by atoms with van der Waals surface area (Å²) in [5.74, 6) is 1.91. The van der Waals surface area contributed by atoms with E-state index >= 15 is 0 Å². The highest BCUT2D eigenvalue weighted by atomic mass is 16.5. The molecule has 4 unspecified atom stereocenters. The fourth-order valence-corrected chi connectivity index (χ4v) is 3.75. The second-order valence-corrected chi connectivity index (χ2v) is 5.30. The van der Waals surface area contributed by atoms with Crippen molar-refractivity contribution in [2.45, 2.75) is 39.2 Å². The summed E-state index contributed by atoms with van der Waals surface area (Å²) in [7, 11) is 0. The lowest BCUT2D eigenvalue weighted by Crippen LogP contribution is -2.73. The van der Waals surface area contributed by atoms with E-state index in [0.717, 1.165) is 18.1 Å². The summed E-state index contributed by atoms with van der Waals surface area (Å²) in [6.45, 7) is 8.76. The predicted octanol–water partition coefficient (Wildman–Crippen LogP) is 2.73. The molecule has 0 N–H and O–H groups in total. The van der Waals surface area contributed by atoms with E-state index in [0.29, 0.717) is 16.9 Å². The summed E-state index contributed by atoms with van der Waals surface area (Å²) in [5, 5.41) is 0. The van der Waals surface area contributed by atoms with Gasteiger partial charge in [-0.25, -0.2) is 0 Å². The molecule has 1 heteroatoms. The van der Waals surface area contributed by atoms with Crippen LogP contribution in [0.2, 0.25) is 0 Å². The Balaban J connectivity index is 1.96. The largest absolute Gasteiger partial charge is 0.495 e. The van der Waals surface area contributed by atoms with Crippen molar-refractivity contribution in [2.24, 2.45) is 16.7 Å². The van der Waals surface area contributed by atoms with Crippen molar-refractivity contribution in [1.29, 1.82) is 0 Å². The SMILES string of the molecule is C=C1CC2CC3(C)CC(O1)C23C. The van der Waals surface area contributed by atoms with E-state index in [4.69, 9.17) is 4.74 Å². The number of ether oxygens (including phenoxy) is 1. The molecule has 1 saturated heterocycles. The third-order valence-electron chi connectivity index (χ3n) is 4.93. The van der Waals surface area contributed by atoms with Gasteiger partial charge in [-0.1, -0.05) is 20.4 Å².